The van der Waals surface area contributed by atoms with Crippen LogP contribution in [0.5, 0.6) is 0 Å². The fraction of sp³-hybridized carbons (Fsp3) is 0.200. The summed E-state index contributed by atoms with van der Waals surface area (Å²) >= 11 is 12.8. The van der Waals surface area contributed by atoms with Gasteiger partial charge >= 0.3 is 5.97 Å². The Bertz CT molecular complexity index is 808. The number of aromatic nitrogens is 1. The van der Waals surface area contributed by atoms with Crippen molar-refractivity contribution in [1.29, 1.82) is 0 Å². The zero-order valence-corrected chi connectivity index (χ0v) is 15.6. The van der Waals surface area contributed by atoms with Crippen LogP contribution in [0.15, 0.2) is 34.6 Å². The van der Waals surface area contributed by atoms with Gasteiger partial charge in [0.25, 0.3) is 0 Å². The van der Waals surface area contributed by atoms with Crippen LogP contribution in [0, 0.1) is 0 Å². The van der Waals surface area contributed by atoms with Gasteiger partial charge in [0.05, 0.1) is 23.2 Å². The summed E-state index contributed by atoms with van der Waals surface area (Å²) in [6.07, 6.45) is 1.42. The second-order valence-corrected chi connectivity index (χ2v) is 5.97. The van der Waals surface area contributed by atoms with Crippen LogP contribution < -0.4 is 0 Å². The first kappa shape index (κ1) is 19.2. The molecule has 0 aliphatic carbocycles. The first-order valence-corrected chi connectivity index (χ1v) is 8.35. The predicted octanol–water partition coefficient (Wildman–Crippen LogP) is 3.52. The van der Waals surface area contributed by atoms with Gasteiger partial charge in [-0.3, -0.25) is 0 Å². The van der Waals surface area contributed by atoms with E-state index in [0.29, 0.717) is 21.0 Å². The Morgan fingerprint density at radius 3 is 2.72 bits per heavy atom. The minimum atomic E-state index is -0.621. The van der Waals surface area contributed by atoms with Crippen LogP contribution in [0.25, 0.3) is 0 Å². The van der Waals surface area contributed by atoms with Gasteiger partial charge in [0.1, 0.15) is 13.7 Å². The molecule has 25 heavy (non-hydrogen) atoms. The largest absolute Gasteiger partial charge is 0.464 e. The highest BCUT2D eigenvalue weighted by molar-refractivity contribution is 7.08. The average molecular weight is 402 g/mol. The summed E-state index contributed by atoms with van der Waals surface area (Å²) in [7, 11) is 2.61. The number of rotatable bonds is 7. The van der Waals surface area contributed by atoms with E-state index in [0.717, 1.165) is 11.5 Å². The van der Waals surface area contributed by atoms with E-state index in [4.69, 9.17) is 37.6 Å². The molecule has 2 rings (SSSR count). The number of benzene rings is 1. The first-order chi connectivity index (χ1) is 12.1. The van der Waals surface area contributed by atoms with Crippen molar-refractivity contribution in [1.82, 2.24) is 4.37 Å². The molecule has 0 fully saturated rings. The molecule has 0 aliphatic heterocycles. The third-order valence-corrected chi connectivity index (χ3v) is 4.67. The molecule has 0 N–H and O–H groups in total. The number of carbonyl (C=O) groups excluding carboxylic acids is 1. The first-order valence-electron chi connectivity index (χ1n) is 6.82. The van der Waals surface area contributed by atoms with Crippen molar-refractivity contribution in [3.05, 3.63) is 50.4 Å². The van der Waals surface area contributed by atoms with Crippen LogP contribution in [0.4, 0.5) is 0 Å². The number of oxime groups is 2. The molecular weight excluding hydrogens is 389 g/mol. The molecule has 1 heterocycles. The summed E-state index contributed by atoms with van der Waals surface area (Å²) in [6, 6.07) is 7.04. The Kier molecular flexibility index (Phi) is 7.17. The molecule has 7 nitrogen and oxygen atoms in total. The fourth-order valence-corrected chi connectivity index (χ4v) is 2.85. The summed E-state index contributed by atoms with van der Waals surface area (Å²) in [4.78, 5) is 22.4. The molecule has 10 heteroatoms. The maximum absolute atomic E-state index is 11.9. The van der Waals surface area contributed by atoms with Crippen molar-refractivity contribution in [3.8, 4) is 0 Å². The summed E-state index contributed by atoms with van der Waals surface area (Å²) < 4.78 is 8.61. The number of hydrogen-bond donors (Lipinski definition) is 0. The molecule has 2 aromatic rings. The zero-order valence-electron chi connectivity index (χ0n) is 13.2. The highest BCUT2D eigenvalue weighted by Gasteiger charge is 2.19. The molecule has 0 bridgehead atoms. The van der Waals surface area contributed by atoms with E-state index < -0.39 is 5.97 Å². The maximum atomic E-state index is 11.9. The SMILES string of the molecule is CO/N=C(/C(=O)OC)c1ccccc1CO/N=C\c1snc(Cl)c1Cl. The minimum Gasteiger partial charge on any atom is -0.464 e. The molecule has 0 saturated heterocycles. The van der Waals surface area contributed by atoms with Gasteiger partial charge in [0.2, 0.25) is 0 Å². The lowest BCUT2D eigenvalue weighted by Gasteiger charge is -2.09. The van der Waals surface area contributed by atoms with Gasteiger partial charge in [0.15, 0.2) is 10.9 Å². The van der Waals surface area contributed by atoms with Gasteiger partial charge < -0.3 is 14.4 Å². The quantitative estimate of drug-likeness (QED) is 0.402. The topological polar surface area (TPSA) is 82.4 Å². The number of ether oxygens (including phenoxy) is 1. The summed E-state index contributed by atoms with van der Waals surface area (Å²) in [5.74, 6) is -0.621. The number of hydrogen-bond acceptors (Lipinski definition) is 8. The monoisotopic (exact) mass is 401 g/mol. The number of methoxy groups -OCH3 is 1. The highest BCUT2D eigenvalue weighted by atomic mass is 35.5. The Morgan fingerprint density at radius 1 is 1.32 bits per heavy atom. The third-order valence-electron chi connectivity index (χ3n) is 2.92. The van der Waals surface area contributed by atoms with Crippen molar-refractivity contribution in [2.24, 2.45) is 10.3 Å². The summed E-state index contributed by atoms with van der Waals surface area (Å²) in [5, 5.41) is 8.10. The molecular formula is C15H13Cl2N3O4S. The van der Waals surface area contributed by atoms with E-state index in [1.807, 2.05) is 0 Å². The van der Waals surface area contributed by atoms with E-state index in [9.17, 15) is 4.79 Å². The molecule has 0 aliphatic rings. The minimum absolute atomic E-state index is 0.0328. The van der Waals surface area contributed by atoms with Gasteiger partial charge in [-0.1, -0.05) is 57.8 Å². The number of esters is 1. The molecule has 0 saturated carbocycles. The van der Waals surface area contributed by atoms with Gasteiger partial charge in [-0.25, -0.2) is 4.79 Å². The van der Waals surface area contributed by atoms with E-state index in [1.165, 1.54) is 20.4 Å². The normalized spacial score (nSPS) is 11.6. The Labute approximate surface area is 157 Å². The predicted molar refractivity (Wildman–Crippen MR) is 96.5 cm³/mol. The average Bonchev–Trinajstić information content (AvgIpc) is 2.95. The van der Waals surface area contributed by atoms with Crippen molar-refractivity contribution in [3.63, 3.8) is 0 Å². The second kappa shape index (κ2) is 9.36. The Hall–Kier alpha value is -2.16. The van der Waals surface area contributed by atoms with Crippen molar-refractivity contribution in [2.75, 3.05) is 14.2 Å². The number of carbonyl (C=O) groups is 1. The molecule has 0 radical (unpaired) electrons. The van der Waals surface area contributed by atoms with Gasteiger partial charge in [0, 0.05) is 11.1 Å². The van der Waals surface area contributed by atoms with E-state index in [2.05, 4.69) is 14.7 Å². The lowest BCUT2D eigenvalue weighted by Crippen LogP contribution is -2.19. The number of nitrogens with zero attached hydrogens (tertiary/aromatic N) is 3. The van der Waals surface area contributed by atoms with Crippen molar-refractivity contribution in [2.45, 2.75) is 6.61 Å². The van der Waals surface area contributed by atoms with Gasteiger partial charge in [-0.2, -0.15) is 4.37 Å². The molecule has 0 atom stereocenters. The fourth-order valence-electron chi connectivity index (χ4n) is 1.80. The zero-order chi connectivity index (χ0) is 18.2. The molecule has 0 spiro atoms. The Morgan fingerprint density at radius 2 is 2.08 bits per heavy atom. The lowest BCUT2D eigenvalue weighted by atomic mass is 10.0. The van der Waals surface area contributed by atoms with Crippen LogP contribution >= 0.6 is 34.7 Å². The summed E-state index contributed by atoms with van der Waals surface area (Å²) in [5.41, 5.74) is 1.23. The van der Waals surface area contributed by atoms with Gasteiger partial charge in [-0.15, -0.1) is 0 Å². The Balaban J connectivity index is 2.14. The number of halogens is 2. The molecule has 132 valence electrons. The van der Waals surface area contributed by atoms with Gasteiger partial charge in [-0.05, 0) is 11.5 Å². The lowest BCUT2D eigenvalue weighted by molar-refractivity contribution is -0.132. The van der Waals surface area contributed by atoms with Crippen molar-refractivity contribution < 1.29 is 19.2 Å². The highest BCUT2D eigenvalue weighted by Crippen LogP contribution is 2.26. The van der Waals surface area contributed by atoms with Crippen LogP contribution in [0.2, 0.25) is 10.2 Å². The van der Waals surface area contributed by atoms with Crippen LogP contribution in [0.1, 0.15) is 16.0 Å². The standard InChI is InChI=1S/C15H13Cl2N3O4S/c1-22-15(21)13(19-23-2)10-6-4-3-5-9(10)8-24-18-7-11-12(16)14(17)20-25-11/h3-7H,8H2,1-2H3/b18-7-,19-13+. The second-order valence-electron chi connectivity index (χ2n) is 4.43. The van der Waals surface area contributed by atoms with Crippen LogP contribution in [-0.2, 0) is 25.8 Å². The molecule has 0 unspecified atom stereocenters. The van der Waals surface area contributed by atoms with Crippen molar-refractivity contribution >= 4 is 52.6 Å². The maximum Gasteiger partial charge on any atom is 0.360 e. The van der Waals surface area contributed by atoms with E-state index >= 15 is 0 Å². The van der Waals surface area contributed by atoms with Crippen LogP contribution in [0.3, 0.4) is 0 Å². The smallest absolute Gasteiger partial charge is 0.360 e. The van der Waals surface area contributed by atoms with Crippen LogP contribution in [-0.4, -0.2) is 36.5 Å². The third kappa shape index (κ3) is 4.91. The van der Waals surface area contributed by atoms with E-state index in [-0.39, 0.29) is 17.5 Å². The molecule has 0 amide bonds. The molecule has 1 aromatic carbocycles. The van der Waals surface area contributed by atoms with E-state index in [1.54, 1.807) is 24.3 Å². The summed E-state index contributed by atoms with van der Waals surface area (Å²) in [6.45, 7) is 0.0938. The molecule has 1 aromatic heterocycles.